The van der Waals surface area contributed by atoms with Gasteiger partial charge in [0.05, 0.1) is 17.1 Å². The molecule has 2 aromatic heterocycles. The highest BCUT2D eigenvalue weighted by atomic mass is 32.2. The molecule has 0 saturated heterocycles. The van der Waals surface area contributed by atoms with Crippen molar-refractivity contribution in [2.45, 2.75) is 37.8 Å². The van der Waals surface area contributed by atoms with Crippen LogP contribution in [0.5, 0.6) is 0 Å². The summed E-state index contributed by atoms with van der Waals surface area (Å²) < 4.78 is 15.9. The largest absolute Gasteiger partial charge is 0.268 e. The van der Waals surface area contributed by atoms with Crippen LogP contribution in [0.1, 0.15) is 30.2 Å². The van der Waals surface area contributed by atoms with Crippen molar-refractivity contribution < 1.29 is 4.39 Å². The van der Waals surface area contributed by atoms with E-state index in [0.717, 1.165) is 29.7 Å². The first-order valence-corrected chi connectivity index (χ1v) is 10.7. The van der Waals surface area contributed by atoms with Crippen LogP contribution in [-0.4, -0.2) is 15.3 Å². The lowest BCUT2D eigenvalue weighted by Crippen LogP contribution is -2.23. The van der Waals surface area contributed by atoms with E-state index < -0.39 is 5.82 Å². The highest BCUT2D eigenvalue weighted by Gasteiger charge is 2.25. The number of para-hydroxylation sites is 1. The summed E-state index contributed by atoms with van der Waals surface area (Å²) in [5, 5.41) is 9.90. The Morgan fingerprint density at radius 2 is 2.26 bits per heavy atom. The summed E-state index contributed by atoms with van der Waals surface area (Å²) in [6.07, 6.45) is 3.23. The fourth-order valence-electron chi connectivity index (χ4n) is 3.50. The SMILES string of the molecule is C[C@@H]1CCc2c(sc3nc(SCCC#N)n(-c4ccccc4F)c(=O)c23)C1. The van der Waals surface area contributed by atoms with Crippen LogP contribution in [-0.2, 0) is 12.8 Å². The Labute approximate surface area is 164 Å². The number of hydrogen-bond acceptors (Lipinski definition) is 5. The molecule has 0 fully saturated rings. The van der Waals surface area contributed by atoms with Crippen LogP contribution in [0.3, 0.4) is 0 Å². The Kier molecular flexibility index (Phi) is 5.02. The number of thiophene rings is 1. The Balaban J connectivity index is 1.97. The lowest BCUT2D eigenvalue weighted by Gasteiger charge is -2.18. The van der Waals surface area contributed by atoms with E-state index in [4.69, 9.17) is 10.2 Å². The van der Waals surface area contributed by atoms with Crippen molar-refractivity contribution in [1.82, 2.24) is 9.55 Å². The Hall–Kier alpha value is -2.17. The number of aromatic nitrogens is 2. The van der Waals surface area contributed by atoms with Gasteiger partial charge in [0.25, 0.3) is 5.56 Å². The molecule has 0 aliphatic heterocycles. The number of hydrogen-bond donors (Lipinski definition) is 0. The van der Waals surface area contributed by atoms with E-state index in [1.807, 2.05) is 0 Å². The molecule has 1 aliphatic rings. The molecule has 0 radical (unpaired) electrons. The first kappa shape index (κ1) is 18.2. The van der Waals surface area contributed by atoms with Crippen molar-refractivity contribution in [3.8, 4) is 11.8 Å². The van der Waals surface area contributed by atoms with Gasteiger partial charge in [-0.2, -0.15) is 5.26 Å². The van der Waals surface area contributed by atoms with Crippen molar-refractivity contribution in [3.05, 3.63) is 50.9 Å². The zero-order chi connectivity index (χ0) is 19.0. The molecule has 4 nitrogen and oxygen atoms in total. The molecule has 3 aromatic rings. The molecular weight excluding hydrogens is 381 g/mol. The molecule has 138 valence electrons. The molecule has 4 rings (SSSR count). The Bertz CT molecular complexity index is 1110. The molecule has 0 unspecified atom stereocenters. The monoisotopic (exact) mass is 399 g/mol. The van der Waals surface area contributed by atoms with Crippen molar-refractivity contribution in [1.29, 1.82) is 5.26 Å². The van der Waals surface area contributed by atoms with Gasteiger partial charge in [0, 0.05) is 17.1 Å². The molecule has 1 aromatic carbocycles. The minimum absolute atomic E-state index is 0.209. The fourth-order valence-corrected chi connectivity index (χ4v) is 5.77. The van der Waals surface area contributed by atoms with E-state index in [1.165, 1.54) is 27.3 Å². The molecule has 1 atom stereocenters. The van der Waals surface area contributed by atoms with Gasteiger partial charge in [-0.05, 0) is 42.9 Å². The van der Waals surface area contributed by atoms with Crippen molar-refractivity contribution >= 4 is 33.3 Å². The number of rotatable bonds is 4. The first-order chi connectivity index (χ1) is 13.1. The maximum Gasteiger partial charge on any atom is 0.267 e. The zero-order valence-corrected chi connectivity index (χ0v) is 16.5. The number of nitrogens with zero attached hydrogens (tertiary/aromatic N) is 3. The van der Waals surface area contributed by atoms with Crippen molar-refractivity contribution in [2.75, 3.05) is 5.75 Å². The van der Waals surface area contributed by atoms with Gasteiger partial charge in [0.15, 0.2) is 5.16 Å². The van der Waals surface area contributed by atoms with Gasteiger partial charge < -0.3 is 0 Å². The van der Waals surface area contributed by atoms with E-state index in [-0.39, 0.29) is 11.2 Å². The standard InChI is InChI=1S/C20H18FN3OS2/c1-12-7-8-13-16(11-12)27-18-17(13)19(25)24(15-6-3-2-5-14(15)21)20(23-18)26-10-4-9-22/h2-3,5-6,12H,4,7-8,10-11H2,1H3/t12-/m1/s1. The number of fused-ring (bicyclic) bond motifs is 3. The lowest BCUT2D eigenvalue weighted by atomic mass is 9.89. The molecule has 1 aliphatic carbocycles. The Morgan fingerprint density at radius 1 is 1.44 bits per heavy atom. The molecule has 7 heteroatoms. The van der Waals surface area contributed by atoms with Crippen LogP contribution in [0.4, 0.5) is 4.39 Å². The second-order valence-electron chi connectivity index (χ2n) is 6.77. The highest BCUT2D eigenvalue weighted by Crippen LogP contribution is 2.37. The van der Waals surface area contributed by atoms with Crippen LogP contribution in [0.2, 0.25) is 0 Å². The van der Waals surface area contributed by atoms with Crippen LogP contribution in [0.15, 0.2) is 34.2 Å². The van der Waals surface area contributed by atoms with Crippen molar-refractivity contribution in [2.24, 2.45) is 5.92 Å². The summed E-state index contributed by atoms with van der Waals surface area (Å²) in [6, 6.07) is 8.36. The second-order valence-corrected chi connectivity index (χ2v) is 8.92. The zero-order valence-electron chi connectivity index (χ0n) is 14.9. The average molecular weight is 400 g/mol. The van der Waals surface area contributed by atoms with Crippen LogP contribution in [0.25, 0.3) is 15.9 Å². The second kappa shape index (κ2) is 7.45. The van der Waals surface area contributed by atoms with Gasteiger partial charge in [-0.25, -0.2) is 9.37 Å². The average Bonchev–Trinajstić information content (AvgIpc) is 3.00. The summed E-state index contributed by atoms with van der Waals surface area (Å²) in [4.78, 5) is 20.1. The number of halogens is 1. The third-order valence-electron chi connectivity index (χ3n) is 4.84. The van der Waals surface area contributed by atoms with Gasteiger partial charge in [-0.15, -0.1) is 11.3 Å². The number of nitriles is 1. The minimum Gasteiger partial charge on any atom is -0.268 e. The summed E-state index contributed by atoms with van der Waals surface area (Å²) in [5.74, 6) is 0.648. The van der Waals surface area contributed by atoms with Crippen molar-refractivity contribution in [3.63, 3.8) is 0 Å². The number of benzene rings is 1. The predicted octanol–water partition coefficient (Wildman–Crippen LogP) is 4.72. The summed E-state index contributed by atoms with van der Waals surface area (Å²) >= 11 is 2.90. The summed E-state index contributed by atoms with van der Waals surface area (Å²) in [5.41, 5.74) is 1.08. The predicted molar refractivity (Wildman–Crippen MR) is 107 cm³/mol. The molecule has 0 amide bonds. The molecule has 0 bridgehead atoms. The smallest absolute Gasteiger partial charge is 0.267 e. The molecule has 0 N–H and O–H groups in total. The topological polar surface area (TPSA) is 58.7 Å². The molecule has 0 spiro atoms. The van der Waals surface area contributed by atoms with E-state index >= 15 is 0 Å². The minimum atomic E-state index is -0.458. The summed E-state index contributed by atoms with van der Waals surface area (Å²) in [7, 11) is 0. The number of thioether (sulfide) groups is 1. The van der Waals surface area contributed by atoms with E-state index in [1.54, 1.807) is 29.5 Å². The maximum atomic E-state index is 14.5. The van der Waals surface area contributed by atoms with E-state index in [0.29, 0.717) is 28.6 Å². The van der Waals surface area contributed by atoms with Gasteiger partial charge in [-0.3, -0.25) is 9.36 Å². The van der Waals surface area contributed by atoms with Gasteiger partial charge >= 0.3 is 0 Å². The van der Waals surface area contributed by atoms with Gasteiger partial charge in [-0.1, -0.05) is 30.8 Å². The molecule has 0 saturated carbocycles. The molecule has 2 heterocycles. The first-order valence-electron chi connectivity index (χ1n) is 8.92. The Morgan fingerprint density at radius 3 is 3.04 bits per heavy atom. The van der Waals surface area contributed by atoms with E-state index in [2.05, 4.69) is 13.0 Å². The number of aryl methyl sites for hydroxylation is 1. The molecular formula is C20H18FN3OS2. The van der Waals surface area contributed by atoms with E-state index in [9.17, 15) is 9.18 Å². The third kappa shape index (κ3) is 3.28. The summed E-state index contributed by atoms with van der Waals surface area (Å²) in [6.45, 7) is 2.22. The van der Waals surface area contributed by atoms with Gasteiger partial charge in [0.1, 0.15) is 10.6 Å². The highest BCUT2D eigenvalue weighted by molar-refractivity contribution is 7.99. The van der Waals surface area contributed by atoms with Crippen LogP contribution in [0, 0.1) is 23.1 Å². The van der Waals surface area contributed by atoms with Crippen LogP contribution < -0.4 is 5.56 Å². The van der Waals surface area contributed by atoms with Crippen LogP contribution >= 0.6 is 23.1 Å². The lowest BCUT2D eigenvalue weighted by molar-refractivity contribution is 0.509. The normalized spacial score (nSPS) is 16.3. The third-order valence-corrected chi connectivity index (χ3v) is 6.93. The molecule has 27 heavy (non-hydrogen) atoms. The van der Waals surface area contributed by atoms with Gasteiger partial charge in [0.2, 0.25) is 0 Å². The quantitative estimate of drug-likeness (QED) is 0.362. The maximum absolute atomic E-state index is 14.5. The fraction of sp³-hybridized carbons (Fsp3) is 0.350.